The van der Waals surface area contributed by atoms with E-state index in [1.54, 1.807) is 18.3 Å². The molecule has 1 aromatic heterocycles. The lowest BCUT2D eigenvalue weighted by molar-refractivity contribution is -0.0328. The van der Waals surface area contributed by atoms with Crippen LogP contribution in [0.1, 0.15) is 18.0 Å². The van der Waals surface area contributed by atoms with E-state index in [4.69, 9.17) is 0 Å². The summed E-state index contributed by atoms with van der Waals surface area (Å²) in [5, 5.41) is 6.02. The molecule has 2 rings (SSSR count). The van der Waals surface area contributed by atoms with Crippen LogP contribution < -0.4 is 5.32 Å². The van der Waals surface area contributed by atoms with Crippen LogP contribution in [-0.4, -0.2) is 10.5 Å². The molecule has 1 heterocycles. The minimum atomic E-state index is -4.25. The van der Waals surface area contributed by atoms with Crippen molar-refractivity contribution in [2.24, 2.45) is 0 Å². The Labute approximate surface area is 117 Å². The standard InChI is InChI=1S/C12H11F3N2S2/c1-8(11-16-6-7-18-11)17-9-2-4-10(5-3-9)19-12(13,14)15/h2-8,17H,1H3. The van der Waals surface area contributed by atoms with Crippen LogP contribution >= 0.6 is 23.1 Å². The molecule has 0 aliphatic carbocycles. The van der Waals surface area contributed by atoms with E-state index in [9.17, 15) is 13.2 Å². The van der Waals surface area contributed by atoms with Crippen molar-refractivity contribution in [3.8, 4) is 0 Å². The van der Waals surface area contributed by atoms with Gasteiger partial charge in [0, 0.05) is 22.2 Å². The van der Waals surface area contributed by atoms with E-state index in [1.165, 1.54) is 23.5 Å². The van der Waals surface area contributed by atoms with Crippen LogP contribution in [0.3, 0.4) is 0 Å². The summed E-state index contributed by atoms with van der Waals surface area (Å²) >= 11 is 1.42. The third-order valence-electron chi connectivity index (χ3n) is 2.29. The zero-order chi connectivity index (χ0) is 13.9. The first-order valence-electron chi connectivity index (χ1n) is 5.46. The average Bonchev–Trinajstić information content (AvgIpc) is 2.83. The number of nitrogens with one attached hydrogen (secondary N) is 1. The highest BCUT2D eigenvalue weighted by atomic mass is 32.2. The molecule has 102 valence electrons. The molecule has 2 aromatic rings. The molecule has 19 heavy (non-hydrogen) atoms. The van der Waals surface area contributed by atoms with Crippen molar-refractivity contribution in [2.45, 2.75) is 23.4 Å². The van der Waals surface area contributed by atoms with Gasteiger partial charge in [-0.1, -0.05) is 0 Å². The van der Waals surface area contributed by atoms with Crippen LogP contribution in [0.15, 0.2) is 40.7 Å². The monoisotopic (exact) mass is 304 g/mol. The molecule has 1 N–H and O–H groups in total. The molecular weight excluding hydrogens is 293 g/mol. The summed E-state index contributed by atoms with van der Waals surface area (Å²) < 4.78 is 36.5. The summed E-state index contributed by atoms with van der Waals surface area (Å²) in [6.45, 7) is 1.96. The fourth-order valence-electron chi connectivity index (χ4n) is 1.51. The number of nitrogens with zero attached hydrogens (tertiary/aromatic N) is 1. The highest BCUT2D eigenvalue weighted by molar-refractivity contribution is 8.00. The summed E-state index contributed by atoms with van der Waals surface area (Å²) in [6, 6.07) is 6.21. The maximum absolute atomic E-state index is 12.2. The molecule has 0 fully saturated rings. The fourth-order valence-corrected chi connectivity index (χ4v) is 2.70. The molecule has 0 saturated heterocycles. The van der Waals surface area contributed by atoms with Crippen molar-refractivity contribution in [3.05, 3.63) is 40.8 Å². The van der Waals surface area contributed by atoms with Gasteiger partial charge in [-0.05, 0) is 43.0 Å². The SMILES string of the molecule is CC(Nc1ccc(SC(F)(F)F)cc1)c1nccs1. The molecule has 2 nitrogen and oxygen atoms in total. The molecular formula is C12H11F3N2S2. The number of hydrogen-bond donors (Lipinski definition) is 1. The van der Waals surface area contributed by atoms with Crippen LogP contribution in [-0.2, 0) is 0 Å². The zero-order valence-corrected chi connectivity index (χ0v) is 11.6. The number of thioether (sulfide) groups is 1. The van der Waals surface area contributed by atoms with Crippen molar-refractivity contribution in [1.29, 1.82) is 0 Å². The summed E-state index contributed by atoms with van der Waals surface area (Å²) in [4.78, 5) is 4.36. The quantitative estimate of drug-likeness (QED) is 0.811. The smallest absolute Gasteiger partial charge is 0.376 e. The maximum atomic E-state index is 12.2. The van der Waals surface area contributed by atoms with Gasteiger partial charge in [-0.15, -0.1) is 11.3 Å². The van der Waals surface area contributed by atoms with Gasteiger partial charge < -0.3 is 5.32 Å². The Morgan fingerprint density at radius 3 is 2.47 bits per heavy atom. The molecule has 0 bridgehead atoms. The van der Waals surface area contributed by atoms with Crippen LogP contribution in [0, 0.1) is 0 Å². The van der Waals surface area contributed by atoms with E-state index in [-0.39, 0.29) is 22.7 Å². The number of benzene rings is 1. The topological polar surface area (TPSA) is 24.9 Å². The number of halogens is 3. The Balaban J connectivity index is 1.99. The van der Waals surface area contributed by atoms with Gasteiger partial charge in [0.25, 0.3) is 0 Å². The molecule has 0 amide bonds. The van der Waals surface area contributed by atoms with E-state index in [1.807, 2.05) is 12.3 Å². The molecule has 1 aromatic carbocycles. The number of anilines is 1. The molecule has 7 heteroatoms. The lowest BCUT2D eigenvalue weighted by atomic mass is 10.3. The summed E-state index contributed by atoms with van der Waals surface area (Å²) in [7, 11) is 0. The number of thiazole rings is 1. The van der Waals surface area contributed by atoms with Gasteiger partial charge >= 0.3 is 5.51 Å². The summed E-state index contributed by atoms with van der Waals surface area (Å²) in [5.41, 5.74) is -3.47. The van der Waals surface area contributed by atoms with Crippen molar-refractivity contribution in [2.75, 3.05) is 5.32 Å². The van der Waals surface area contributed by atoms with Crippen molar-refractivity contribution < 1.29 is 13.2 Å². The Morgan fingerprint density at radius 1 is 1.26 bits per heavy atom. The van der Waals surface area contributed by atoms with Gasteiger partial charge in [-0.25, -0.2) is 4.98 Å². The minimum absolute atomic E-state index is 0.0288. The minimum Gasteiger partial charge on any atom is -0.376 e. The lowest BCUT2D eigenvalue weighted by Gasteiger charge is -2.13. The molecule has 0 aliphatic heterocycles. The molecule has 0 radical (unpaired) electrons. The van der Waals surface area contributed by atoms with Gasteiger partial charge in [0.15, 0.2) is 0 Å². The first-order chi connectivity index (χ1) is 8.94. The van der Waals surface area contributed by atoms with E-state index < -0.39 is 5.51 Å². The third kappa shape index (κ3) is 4.43. The van der Waals surface area contributed by atoms with Crippen LogP contribution in [0.4, 0.5) is 18.9 Å². The van der Waals surface area contributed by atoms with Crippen LogP contribution in [0.5, 0.6) is 0 Å². The zero-order valence-electron chi connectivity index (χ0n) is 9.94. The van der Waals surface area contributed by atoms with E-state index in [2.05, 4.69) is 10.3 Å². The molecule has 1 atom stereocenters. The second-order valence-corrected chi connectivity index (χ2v) is 5.87. The van der Waals surface area contributed by atoms with Crippen molar-refractivity contribution in [3.63, 3.8) is 0 Å². The average molecular weight is 304 g/mol. The van der Waals surface area contributed by atoms with E-state index in [0.717, 1.165) is 10.7 Å². The molecule has 0 spiro atoms. The number of aromatic nitrogens is 1. The van der Waals surface area contributed by atoms with E-state index >= 15 is 0 Å². The van der Waals surface area contributed by atoms with Crippen molar-refractivity contribution >= 4 is 28.8 Å². The molecule has 0 saturated carbocycles. The first kappa shape index (κ1) is 14.2. The van der Waals surface area contributed by atoms with Crippen molar-refractivity contribution in [1.82, 2.24) is 4.98 Å². The third-order valence-corrected chi connectivity index (χ3v) is 3.99. The second-order valence-electron chi connectivity index (χ2n) is 3.81. The lowest BCUT2D eigenvalue weighted by Crippen LogP contribution is -2.06. The predicted molar refractivity (Wildman–Crippen MR) is 72.5 cm³/mol. The van der Waals surface area contributed by atoms with E-state index in [0.29, 0.717) is 0 Å². The summed E-state index contributed by atoms with van der Waals surface area (Å²) in [6.07, 6.45) is 1.72. The largest absolute Gasteiger partial charge is 0.446 e. The van der Waals surface area contributed by atoms with Gasteiger partial charge in [-0.3, -0.25) is 0 Å². The Kier molecular flexibility index (Phi) is 4.36. The number of rotatable bonds is 4. The maximum Gasteiger partial charge on any atom is 0.446 e. The van der Waals surface area contributed by atoms with Crippen LogP contribution in [0.2, 0.25) is 0 Å². The predicted octanol–water partition coefficient (Wildman–Crippen LogP) is 4.93. The Hall–Kier alpha value is -1.21. The molecule has 1 unspecified atom stereocenters. The van der Waals surface area contributed by atoms with Crippen LogP contribution in [0.25, 0.3) is 0 Å². The fraction of sp³-hybridized carbons (Fsp3) is 0.250. The highest BCUT2D eigenvalue weighted by Crippen LogP contribution is 2.37. The Morgan fingerprint density at radius 2 is 1.95 bits per heavy atom. The highest BCUT2D eigenvalue weighted by Gasteiger charge is 2.29. The van der Waals surface area contributed by atoms with Gasteiger partial charge in [0.2, 0.25) is 0 Å². The normalized spacial score (nSPS) is 13.3. The number of hydrogen-bond acceptors (Lipinski definition) is 4. The summed E-state index contributed by atoms with van der Waals surface area (Å²) in [5.74, 6) is 0. The second kappa shape index (κ2) is 5.83. The van der Waals surface area contributed by atoms with Gasteiger partial charge in [-0.2, -0.15) is 13.2 Å². The molecule has 0 aliphatic rings. The number of alkyl halides is 3. The van der Waals surface area contributed by atoms with Gasteiger partial charge in [0.05, 0.1) is 6.04 Å². The first-order valence-corrected chi connectivity index (χ1v) is 7.15. The van der Waals surface area contributed by atoms with Gasteiger partial charge in [0.1, 0.15) is 5.01 Å². The Bertz CT molecular complexity index is 509.